The maximum absolute atomic E-state index is 17.1. The van der Waals surface area contributed by atoms with Gasteiger partial charge in [-0.1, -0.05) is 114 Å². The van der Waals surface area contributed by atoms with Crippen LogP contribution in [0.5, 0.6) is 46.0 Å². The lowest BCUT2D eigenvalue weighted by Gasteiger charge is -2.41. The Labute approximate surface area is 693 Å². The number of epoxide rings is 4. The highest BCUT2D eigenvalue weighted by atomic mass is 16.6. The molecule has 0 aromatic heterocycles. The normalized spacial score (nSPS) is 19.5. The van der Waals surface area contributed by atoms with Gasteiger partial charge in [-0.2, -0.15) is 0 Å². The highest BCUT2D eigenvalue weighted by Gasteiger charge is 2.52. The molecule has 120 heavy (non-hydrogen) atoms. The Morgan fingerprint density at radius 1 is 0.358 bits per heavy atom. The van der Waals surface area contributed by atoms with Gasteiger partial charge in [-0.15, -0.1) is 0 Å². The SMILES string of the molecule is Cc1cccc(Oc2cc3c4c(cc(Oc5cccc(C)c5)c5c6c(Oc7cccc(C)c7)cc7c8c(cc(Oc9cccc(C)c9)c(c2c45)c86)C(=O)N(C(C(=O)N(CCC(=O)OCC2CO2)CCC(=O)OCC2CO2)C(C)C2CCCC2)C7=O)C(=O)N(C(C(=O)N(CCC(=O)OCC2CO2)CCC(=O)OCC2CO2)C(C)C2CCCC2)C3=O)c1. The molecule has 26 nitrogen and oxygen atoms in total. The van der Waals surface area contributed by atoms with Crippen LogP contribution in [0, 0.1) is 51.4 Å². The van der Waals surface area contributed by atoms with E-state index in [-0.39, 0.29) is 203 Å². The molecule has 8 aliphatic rings. The fraction of sp³-hybridized carbons (Fsp3) is 0.426. The van der Waals surface area contributed by atoms with Gasteiger partial charge < -0.3 is 66.6 Å². The van der Waals surface area contributed by atoms with Gasteiger partial charge in [0, 0.05) is 69.3 Å². The second-order valence-electron chi connectivity index (χ2n) is 33.2. The smallest absolute Gasteiger partial charge is 0.307 e. The van der Waals surface area contributed by atoms with E-state index in [4.69, 9.17) is 56.8 Å². The number of ether oxygens (including phenoxy) is 12. The van der Waals surface area contributed by atoms with Crippen LogP contribution < -0.4 is 18.9 Å². The van der Waals surface area contributed by atoms with Crippen molar-refractivity contribution in [3.8, 4) is 46.0 Å². The van der Waals surface area contributed by atoms with Gasteiger partial charge in [0.25, 0.3) is 23.6 Å². The highest BCUT2D eigenvalue weighted by Crippen LogP contribution is 2.59. The first-order valence-electron chi connectivity index (χ1n) is 41.8. The Bertz CT molecular complexity index is 4950. The van der Waals surface area contributed by atoms with Crippen molar-refractivity contribution in [3.05, 3.63) is 166 Å². The molecule has 8 unspecified atom stereocenters. The second-order valence-corrected chi connectivity index (χ2v) is 33.2. The lowest BCUT2D eigenvalue weighted by molar-refractivity contribution is -0.149. The van der Waals surface area contributed by atoms with E-state index in [9.17, 15) is 19.2 Å². The highest BCUT2D eigenvalue weighted by molar-refractivity contribution is 6.45. The van der Waals surface area contributed by atoms with Crippen molar-refractivity contribution in [1.29, 1.82) is 0 Å². The fourth-order valence-electron chi connectivity index (χ4n) is 17.9. The molecule has 0 spiro atoms. The average Bonchev–Trinajstić information content (AvgIpc) is 1.28. The maximum atomic E-state index is 17.1. The van der Waals surface area contributed by atoms with Crippen LogP contribution in [0.2, 0.25) is 0 Å². The summed E-state index contributed by atoms with van der Waals surface area (Å²) >= 11 is 0. The third kappa shape index (κ3) is 17.2. The van der Waals surface area contributed by atoms with E-state index in [0.29, 0.717) is 75.1 Å². The number of hydrogen-bond acceptors (Lipinski definition) is 22. The molecule has 0 radical (unpaired) electrons. The maximum Gasteiger partial charge on any atom is 0.307 e. The van der Waals surface area contributed by atoms with Gasteiger partial charge in [-0.3, -0.25) is 57.7 Å². The Morgan fingerprint density at radius 2 is 0.600 bits per heavy atom. The number of rotatable bonds is 36. The molecular weight excluding hydrogens is 1540 g/mol. The first-order valence-corrected chi connectivity index (χ1v) is 41.8. The summed E-state index contributed by atoms with van der Waals surface area (Å²) in [7, 11) is 0. The molecule has 9 aromatic carbocycles. The number of esters is 4. The molecule has 17 rings (SSSR count). The molecule has 0 N–H and O–H groups in total. The molecule has 2 saturated carbocycles. The molecule has 6 amide bonds. The molecule has 8 atom stereocenters. The van der Waals surface area contributed by atoms with E-state index in [1.54, 1.807) is 48.5 Å². The third-order valence-electron chi connectivity index (χ3n) is 24.5. The minimum absolute atomic E-state index is 0.00796. The summed E-state index contributed by atoms with van der Waals surface area (Å²) in [5.74, 6) is -7.89. The largest absolute Gasteiger partial charge is 0.463 e. The number of carbonyl (C=O) groups is 10. The summed E-state index contributed by atoms with van der Waals surface area (Å²) in [4.78, 5) is 160. The summed E-state index contributed by atoms with van der Waals surface area (Å²) < 4.78 is 73.0. The topological polar surface area (TPSA) is 308 Å². The van der Waals surface area contributed by atoms with E-state index in [0.717, 1.165) is 57.7 Å². The molecule has 6 aliphatic heterocycles. The summed E-state index contributed by atoms with van der Waals surface area (Å²) in [6, 6.07) is 32.2. The molecule has 6 fully saturated rings. The van der Waals surface area contributed by atoms with Crippen LogP contribution in [0.3, 0.4) is 0 Å². The predicted octanol–water partition coefficient (Wildman–Crippen LogP) is 14.7. The monoisotopic (exact) mass is 1630 g/mol. The Morgan fingerprint density at radius 3 is 0.825 bits per heavy atom. The first kappa shape index (κ1) is 80.8. The van der Waals surface area contributed by atoms with E-state index in [2.05, 4.69) is 0 Å². The molecule has 4 saturated heterocycles. The quantitative estimate of drug-likeness (QED) is 0.00879. The molecule has 2 aliphatic carbocycles. The van der Waals surface area contributed by atoms with Gasteiger partial charge in [-0.05, 0) is 146 Å². The molecule has 9 aromatic rings. The number of amides is 6. The zero-order chi connectivity index (χ0) is 83.3. The van der Waals surface area contributed by atoms with Crippen LogP contribution in [0.1, 0.15) is 155 Å². The van der Waals surface area contributed by atoms with Crippen molar-refractivity contribution >= 4 is 102 Å². The number of nitrogens with zero attached hydrogens (tertiary/aromatic N) is 4. The van der Waals surface area contributed by atoms with Gasteiger partial charge in [-0.25, -0.2) is 0 Å². The standard InChI is InChI=1S/C94H96N4O22/c1-51-15-11-23-59(35-51)117-71-39-67-79-68(90(104)97(89(67)103)87(55(5)57-19-7-8-20-57)93(107)95(31-27-75(99)113-47-63-43-109-63)32-28-76(100)114-48-64-44-110-64)41-73(119-61-25-13-17-53(3)37-61)83-84-74(120-62-26-14-18-54(4)38-62)42-70-80-69(40-72(82(86(80)84)81(71)85(79)83)118-60-24-12-16-52(2)36-60)91(105)98(92(70)106)88(56(6)58-21-9-10-22-58)94(108)96(33-29-77(101)115-49-65-45-111-65)34-30-78(102)116-50-66-46-112-66/h11-18,23-26,35-42,55-58,63-66,87-88H,7-10,19-22,27-34,43-50H2,1-6H3. The van der Waals surface area contributed by atoms with Crippen LogP contribution in [0.25, 0.3) is 43.1 Å². The van der Waals surface area contributed by atoms with Crippen molar-refractivity contribution in [2.24, 2.45) is 23.7 Å². The van der Waals surface area contributed by atoms with Gasteiger partial charge >= 0.3 is 23.9 Å². The number of aryl methyl sites for hydroxylation is 4. The predicted molar refractivity (Wildman–Crippen MR) is 438 cm³/mol. The zero-order valence-corrected chi connectivity index (χ0v) is 68.1. The van der Waals surface area contributed by atoms with E-state index in [1.165, 1.54) is 9.80 Å². The third-order valence-corrected chi connectivity index (χ3v) is 24.5. The summed E-state index contributed by atoms with van der Waals surface area (Å²) in [5, 5.41) is 1.56. The average molecular weight is 1630 g/mol. The van der Waals surface area contributed by atoms with E-state index >= 15 is 28.8 Å². The Balaban J connectivity index is 0.912. The van der Waals surface area contributed by atoms with Gasteiger partial charge in [0.2, 0.25) is 11.8 Å². The van der Waals surface area contributed by atoms with E-state index in [1.807, 2.05) is 114 Å². The van der Waals surface area contributed by atoms with Crippen molar-refractivity contribution < 1.29 is 105 Å². The lowest BCUT2D eigenvalue weighted by atomic mass is 9.78. The van der Waals surface area contributed by atoms with Gasteiger partial charge in [0.15, 0.2) is 0 Å². The van der Waals surface area contributed by atoms with Gasteiger partial charge in [0.1, 0.15) is 109 Å². The van der Waals surface area contributed by atoms with Crippen molar-refractivity contribution in [2.75, 3.05) is 79.0 Å². The van der Waals surface area contributed by atoms with Crippen molar-refractivity contribution in [2.45, 2.75) is 155 Å². The second kappa shape index (κ2) is 34.3. The fourth-order valence-corrected chi connectivity index (χ4v) is 17.9. The minimum Gasteiger partial charge on any atom is -0.463 e. The molecule has 624 valence electrons. The Kier molecular flexibility index (Phi) is 23.1. The number of benzene rings is 9. The number of fused-ring (bicyclic) bond motifs is 2. The van der Waals surface area contributed by atoms with Crippen LogP contribution in [-0.2, 0) is 66.7 Å². The summed E-state index contributed by atoms with van der Waals surface area (Å²) in [6.45, 7) is 12.0. The molecular formula is C94H96N4O22. The van der Waals surface area contributed by atoms with Crippen molar-refractivity contribution in [1.82, 2.24) is 19.6 Å². The van der Waals surface area contributed by atoms with Crippen LogP contribution in [0.4, 0.5) is 0 Å². The lowest BCUT2D eigenvalue weighted by Crippen LogP contribution is -2.58. The number of carbonyl (C=O) groups excluding carboxylic acids is 10. The van der Waals surface area contributed by atoms with Crippen LogP contribution in [0.15, 0.2) is 121 Å². The van der Waals surface area contributed by atoms with Crippen LogP contribution >= 0.6 is 0 Å². The van der Waals surface area contributed by atoms with Crippen LogP contribution in [-0.4, -0.2) is 194 Å². The first-order chi connectivity index (χ1) is 58.1. The van der Waals surface area contributed by atoms with E-state index < -0.39 is 83.2 Å². The molecule has 6 heterocycles. The molecule has 0 bridgehead atoms. The molecule has 26 heteroatoms. The van der Waals surface area contributed by atoms with Crippen molar-refractivity contribution in [3.63, 3.8) is 0 Å². The summed E-state index contributed by atoms with van der Waals surface area (Å²) in [6.07, 6.45) is 3.73. The summed E-state index contributed by atoms with van der Waals surface area (Å²) in [5.41, 5.74) is 2.93. The number of hydrogen-bond donors (Lipinski definition) is 0. The zero-order valence-electron chi connectivity index (χ0n) is 68.1. The minimum atomic E-state index is -1.56. The Hall–Kier alpha value is -11.6. The number of imide groups is 2. The van der Waals surface area contributed by atoms with Gasteiger partial charge in [0.05, 0.1) is 74.4 Å².